The molecule has 24 heavy (non-hydrogen) atoms. The molecule has 0 radical (unpaired) electrons. The summed E-state index contributed by atoms with van der Waals surface area (Å²) in [6.07, 6.45) is 3.71. The summed E-state index contributed by atoms with van der Waals surface area (Å²) in [6, 6.07) is 5.24. The molecule has 0 aliphatic heterocycles. The van der Waals surface area contributed by atoms with Crippen LogP contribution in [-0.4, -0.2) is 27.4 Å². The highest BCUT2D eigenvalue weighted by Crippen LogP contribution is 2.23. The van der Waals surface area contributed by atoms with Crippen molar-refractivity contribution in [2.24, 2.45) is 0 Å². The number of hydrogen-bond acceptors (Lipinski definition) is 4. The van der Waals surface area contributed by atoms with Crippen LogP contribution in [0.15, 0.2) is 24.4 Å². The molecule has 0 aliphatic rings. The van der Waals surface area contributed by atoms with Crippen LogP contribution in [-0.2, 0) is 13.2 Å². The number of carbonyl (C=O) groups excluding carboxylic acids is 1. The molecule has 1 amide bonds. The van der Waals surface area contributed by atoms with Gasteiger partial charge in [-0.2, -0.15) is 5.10 Å². The second-order valence-electron chi connectivity index (χ2n) is 5.59. The van der Waals surface area contributed by atoms with Crippen LogP contribution in [0.4, 0.5) is 5.69 Å². The molecular formula is C18H25N3O3. The molecule has 2 rings (SSSR count). The molecule has 1 aromatic carbocycles. The van der Waals surface area contributed by atoms with Gasteiger partial charge in [-0.15, -0.1) is 0 Å². The number of anilines is 1. The first-order chi connectivity index (χ1) is 11.6. The van der Waals surface area contributed by atoms with Gasteiger partial charge in [0.15, 0.2) is 0 Å². The molecule has 0 saturated carbocycles. The number of amides is 1. The predicted molar refractivity (Wildman–Crippen MR) is 93.4 cm³/mol. The van der Waals surface area contributed by atoms with E-state index in [2.05, 4.69) is 17.3 Å². The van der Waals surface area contributed by atoms with Crippen molar-refractivity contribution < 1.29 is 14.6 Å². The zero-order valence-electron chi connectivity index (χ0n) is 14.5. The van der Waals surface area contributed by atoms with Gasteiger partial charge in [0.1, 0.15) is 5.75 Å². The Labute approximate surface area is 142 Å². The fraction of sp³-hybridized carbons (Fsp3) is 0.444. The van der Waals surface area contributed by atoms with Gasteiger partial charge in [-0.05, 0) is 38.5 Å². The fourth-order valence-corrected chi connectivity index (χ4v) is 2.48. The summed E-state index contributed by atoms with van der Waals surface area (Å²) in [4.78, 5) is 12.5. The standard InChI is InChI=1S/C18H25N3O3/c1-4-6-9-21-13(3)16(11-19-21)18(23)20-15-7-8-17(24-5-2)14(10-15)12-22/h7-8,10-11,22H,4-6,9,12H2,1-3H3,(H,20,23). The lowest BCUT2D eigenvalue weighted by molar-refractivity contribution is 0.102. The Bertz CT molecular complexity index is 695. The van der Waals surface area contributed by atoms with E-state index in [4.69, 9.17) is 4.74 Å². The molecule has 1 heterocycles. The summed E-state index contributed by atoms with van der Waals surface area (Å²) in [6.45, 7) is 7.09. The molecule has 130 valence electrons. The van der Waals surface area contributed by atoms with E-state index in [9.17, 15) is 9.90 Å². The largest absolute Gasteiger partial charge is 0.494 e. The van der Waals surface area contributed by atoms with Gasteiger partial charge >= 0.3 is 0 Å². The Balaban J connectivity index is 2.13. The van der Waals surface area contributed by atoms with Crippen molar-refractivity contribution >= 4 is 11.6 Å². The SMILES string of the molecule is CCCCn1ncc(C(=O)Nc2ccc(OCC)c(CO)c2)c1C. The topological polar surface area (TPSA) is 76.4 Å². The molecule has 1 aromatic heterocycles. The summed E-state index contributed by atoms with van der Waals surface area (Å²) in [7, 11) is 0. The third kappa shape index (κ3) is 4.14. The predicted octanol–water partition coefficient (Wildman–Crippen LogP) is 3.13. The molecule has 0 spiro atoms. The Morgan fingerprint density at radius 3 is 2.83 bits per heavy atom. The Morgan fingerprint density at radius 1 is 1.38 bits per heavy atom. The van der Waals surface area contributed by atoms with E-state index >= 15 is 0 Å². The minimum absolute atomic E-state index is 0.146. The third-order valence-corrected chi connectivity index (χ3v) is 3.86. The van der Waals surface area contributed by atoms with E-state index in [1.807, 2.05) is 18.5 Å². The molecule has 0 bridgehead atoms. The van der Waals surface area contributed by atoms with Crippen molar-refractivity contribution in [3.8, 4) is 5.75 Å². The minimum atomic E-state index is -0.205. The van der Waals surface area contributed by atoms with Gasteiger partial charge in [0.2, 0.25) is 0 Å². The van der Waals surface area contributed by atoms with Crippen LogP contribution in [0.3, 0.4) is 0 Å². The van der Waals surface area contributed by atoms with Crippen LogP contribution in [0.2, 0.25) is 0 Å². The smallest absolute Gasteiger partial charge is 0.259 e. The lowest BCUT2D eigenvalue weighted by Gasteiger charge is -2.11. The maximum absolute atomic E-state index is 12.5. The van der Waals surface area contributed by atoms with E-state index in [-0.39, 0.29) is 12.5 Å². The average Bonchev–Trinajstić information content (AvgIpc) is 2.95. The first-order valence-electron chi connectivity index (χ1n) is 8.31. The van der Waals surface area contributed by atoms with Gasteiger partial charge < -0.3 is 15.2 Å². The highest BCUT2D eigenvalue weighted by Gasteiger charge is 2.15. The molecule has 0 unspecified atom stereocenters. The summed E-state index contributed by atoms with van der Waals surface area (Å²) >= 11 is 0. The van der Waals surface area contributed by atoms with E-state index in [1.165, 1.54) is 0 Å². The summed E-state index contributed by atoms with van der Waals surface area (Å²) in [5, 5.41) is 16.6. The Hall–Kier alpha value is -2.34. The summed E-state index contributed by atoms with van der Waals surface area (Å²) < 4.78 is 7.30. The highest BCUT2D eigenvalue weighted by molar-refractivity contribution is 6.04. The van der Waals surface area contributed by atoms with Crippen LogP contribution in [0, 0.1) is 6.92 Å². The van der Waals surface area contributed by atoms with Crippen molar-refractivity contribution in [3.05, 3.63) is 41.2 Å². The zero-order chi connectivity index (χ0) is 17.5. The van der Waals surface area contributed by atoms with Gasteiger partial charge in [-0.1, -0.05) is 13.3 Å². The lowest BCUT2D eigenvalue weighted by Crippen LogP contribution is -2.14. The van der Waals surface area contributed by atoms with Gasteiger partial charge in [0.05, 0.1) is 25.0 Å². The maximum Gasteiger partial charge on any atom is 0.259 e. The minimum Gasteiger partial charge on any atom is -0.494 e. The first-order valence-corrected chi connectivity index (χ1v) is 8.31. The summed E-state index contributed by atoms with van der Waals surface area (Å²) in [5.74, 6) is 0.421. The number of hydrogen-bond donors (Lipinski definition) is 2. The molecule has 2 aromatic rings. The number of unbranched alkanes of at least 4 members (excludes halogenated alkanes) is 1. The quantitative estimate of drug-likeness (QED) is 0.779. The average molecular weight is 331 g/mol. The number of benzene rings is 1. The van der Waals surface area contributed by atoms with E-state index < -0.39 is 0 Å². The molecule has 0 aliphatic carbocycles. The number of ether oxygens (including phenoxy) is 1. The van der Waals surface area contributed by atoms with Gasteiger partial charge in [0, 0.05) is 23.5 Å². The molecular weight excluding hydrogens is 306 g/mol. The number of aliphatic hydroxyl groups is 1. The molecule has 0 atom stereocenters. The number of carbonyl (C=O) groups is 1. The molecule has 6 heteroatoms. The van der Waals surface area contributed by atoms with Gasteiger partial charge in [-0.3, -0.25) is 9.48 Å². The molecule has 0 fully saturated rings. The molecule has 2 N–H and O–H groups in total. The summed E-state index contributed by atoms with van der Waals surface area (Å²) in [5.41, 5.74) is 2.68. The van der Waals surface area contributed by atoms with E-state index in [0.29, 0.717) is 29.2 Å². The normalized spacial score (nSPS) is 10.7. The van der Waals surface area contributed by atoms with Crippen molar-refractivity contribution in [1.82, 2.24) is 9.78 Å². The number of aromatic nitrogens is 2. The third-order valence-electron chi connectivity index (χ3n) is 3.86. The monoisotopic (exact) mass is 331 g/mol. The highest BCUT2D eigenvalue weighted by atomic mass is 16.5. The first kappa shape index (κ1) is 18.0. The number of aliphatic hydroxyl groups excluding tert-OH is 1. The number of rotatable bonds is 8. The van der Waals surface area contributed by atoms with Crippen LogP contribution < -0.4 is 10.1 Å². The van der Waals surface area contributed by atoms with Crippen LogP contribution in [0.25, 0.3) is 0 Å². The van der Waals surface area contributed by atoms with Crippen LogP contribution in [0.1, 0.15) is 48.3 Å². The maximum atomic E-state index is 12.5. The van der Waals surface area contributed by atoms with Crippen molar-refractivity contribution in [2.45, 2.75) is 46.8 Å². The molecule has 6 nitrogen and oxygen atoms in total. The number of nitrogens with zero attached hydrogens (tertiary/aromatic N) is 2. The second-order valence-corrected chi connectivity index (χ2v) is 5.59. The Kier molecular flexibility index (Phi) is 6.37. The zero-order valence-corrected chi connectivity index (χ0v) is 14.5. The van der Waals surface area contributed by atoms with E-state index in [1.54, 1.807) is 24.4 Å². The number of nitrogens with one attached hydrogen (secondary N) is 1. The number of aryl methyl sites for hydroxylation is 1. The van der Waals surface area contributed by atoms with Gasteiger partial charge in [0.25, 0.3) is 5.91 Å². The second kappa shape index (κ2) is 8.49. The lowest BCUT2D eigenvalue weighted by atomic mass is 10.1. The van der Waals surface area contributed by atoms with Gasteiger partial charge in [-0.25, -0.2) is 0 Å². The molecule has 0 saturated heterocycles. The van der Waals surface area contributed by atoms with Crippen molar-refractivity contribution in [3.63, 3.8) is 0 Å². The fourth-order valence-electron chi connectivity index (χ4n) is 2.48. The Morgan fingerprint density at radius 2 is 2.17 bits per heavy atom. The van der Waals surface area contributed by atoms with Crippen molar-refractivity contribution in [1.29, 1.82) is 0 Å². The van der Waals surface area contributed by atoms with E-state index in [0.717, 1.165) is 25.1 Å². The van der Waals surface area contributed by atoms with Crippen LogP contribution in [0.5, 0.6) is 5.75 Å². The van der Waals surface area contributed by atoms with Crippen LogP contribution >= 0.6 is 0 Å². The van der Waals surface area contributed by atoms with Crippen molar-refractivity contribution in [2.75, 3.05) is 11.9 Å².